The Kier molecular flexibility index (Phi) is 6.29. The zero-order chi connectivity index (χ0) is 10.3. The average molecular weight is 184 g/mol. The molecule has 0 spiro atoms. The van der Waals surface area contributed by atoms with Gasteiger partial charge in [-0.2, -0.15) is 0 Å². The predicted molar refractivity (Wildman–Crippen MR) is 54.4 cm³/mol. The third kappa shape index (κ3) is 4.71. The molecule has 0 heterocycles. The average Bonchev–Trinajstić information content (AvgIpc) is 2.15. The molecule has 0 saturated heterocycles. The fraction of sp³-hybridized carbons (Fsp3) is 0.727. The van der Waals surface area contributed by atoms with E-state index in [0.717, 1.165) is 12.8 Å². The van der Waals surface area contributed by atoms with E-state index in [1.165, 1.54) is 0 Å². The van der Waals surface area contributed by atoms with Crippen molar-refractivity contribution >= 4 is 5.97 Å². The van der Waals surface area contributed by atoms with E-state index in [1.54, 1.807) is 0 Å². The Morgan fingerprint density at radius 3 is 2.38 bits per heavy atom. The predicted octanol–water partition coefficient (Wildman–Crippen LogP) is 2.93. The number of carbonyl (C=O) groups excluding carboxylic acids is 1. The Morgan fingerprint density at radius 2 is 2.00 bits per heavy atom. The Labute approximate surface area is 81.0 Å². The van der Waals surface area contributed by atoms with E-state index in [2.05, 4.69) is 0 Å². The van der Waals surface area contributed by atoms with Crippen LogP contribution in [0.15, 0.2) is 12.2 Å². The van der Waals surface area contributed by atoms with Gasteiger partial charge in [0, 0.05) is 0 Å². The Balaban J connectivity index is 4.00. The zero-order valence-corrected chi connectivity index (χ0v) is 9.04. The first-order chi connectivity index (χ1) is 6.15. The van der Waals surface area contributed by atoms with Gasteiger partial charge in [0.25, 0.3) is 0 Å². The molecule has 0 aliphatic heterocycles. The molecule has 2 atom stereocenters. The standard InChI is InChI=1S/C11H20O2/c1-5-8-10(7-3)13-11(12)9(4)6-2/h5,8-10H,6-7H2,1-4H3/b8-5+. The molecule has 0 radical (unpaired) electrons. The summed E-state index contributed by atoms with van der Waals surface area (Å²) in [5, 5.41) is 0. The Bertz CT molecular complexity index is 173. The lowest BCUT2D eigenvalue weighted by atomic mass is 10.1. The molecule has 0 rings (SSSR count). The number of hydrogen-bond acceptors (Lipinski definition) is 2. The molecule has 0 aromatic rings. The van der Waals surface area contributed by atoms with Gasteiger partial charge in [0.1, 0.15) is 6.10 Å². The van der Waals surface area contributed by atoms with E-state index in [-0.39, 0.29) is 18.0 Å². The van der Waals surface area contributed by atoms with E-state index in [4.69, 9.17) is 4.74 Å². The number of hydrogen-bond donors (Lipinski definition) is 0. The maximum absolute atomic E-state index is 11.4. The van der Waals surface area contributed by atoms with Crippen molar-refractivity contribution in [2.75, 3.05) is 0 Å². The molecule has 13 heavy (non-hydrogen) atoms. The minimum absolute atomic E-state index is 0.0132. The van der Waals surface area contributed by atoms with Gasteiger partial charge in [0.05, 0.1) is 5.92 Å². The van der Waals surface area contributed by atoms with Gasteiger partial charge in [-0.3, -0.25) is 4.79 Å². The second-order valence-electron chi connectivity index (χ2n) is 3.22. The summed E-state index contributed by atoms with van der Waals surface area (Å²) in [6, 6.07) is 0. The van der Waals surface area contributed by atoms with Crippen LogP contribution < -0.4 is 0 Å². The van der Waals surface area contributed by atoms with Gasteiger partial charge >= 0.3 is 5.97 Å². The summed E-state index contributed by atoms with van der Waals surface area (Å²) in [6.45, 7) is 7.82. The highest BCUT2D eigenvalue weighted by molar-refractivity contribution is 5.72. The number of rotatable bonds is 5. The number of esters is 1. The van der Waals surface area contributed by atoms with Crippen LogP contribution in [0.2, 0.25) is 0 Å². The maximum Gasteiger partial charge on any atom is 0.309 e. The SMILES string of the molecule is C/C=C/C(CC)OC(=O)C(C)CC. The minimum Gasteiger partial charge on any atom is -0.458 e. The monoisotopic (exact) mass is 184 g/mol. The van der Waals surface area contributed by atoms with Crippen molar-refractivity contribution in [2.45, 2.75) is 46.6 Å². The van der Waals surface area contributed by atoms with Gasteiger partial charge in [-0.25, -0.2) is 0 Å². The van der Waals surface area contributed by atoms with Gasteiger partial charge in [-0.1, -0.05) is 26.8 Å². The maximum atomic E-state index is 11.4. The summed E-state index contributed by atoms with van der Waals surface area (Å²) in [7, 11) is 0. The summed E-state index contributed by atoms with van der Waals surface area (Å²) in [4.78, 5) is 11.4. The van der Waals surface area contributed by atoms with Gasteiger partial charge in [0.15, 0.2) is 0 Å². The second-order valence-corrected chi connectivity index (χ2v) is 3.22. The smallest absolute Gasteiger partial charge is 0.309 e. The Morgan fingerprint density at radius 1 is 1.38 bits per heavy atom. The lowest BCUT2D eigenvalue weighted by molar-refractivity contribution is -0.151. The molecule has 0 saturated carbocycles. The van der Waals surface area contributed by atoms with Crippen LogP contribution in [0.1, 0.15) is 40.5 Å². The third-order valence-corrected chi connectivity index (χ3v) is 2.09. The van der Waals surface area contributed by atoms with Crippen molar-refractivity contribution < 1.29 is 9.53 Å². The van der Waals surface area contributed by atoms with E-state index in [9.17, 15) is 4.79 Å². The third-order valence-electron chi connectivity index (χ3n) is 2.09. The molecule has 0 aliphatic rings. The second kappa shape index (κ2) is 6.70. The van der Waals surface area contributed by atoms with Crippen LogP contribution in [-0.4, -0.2) is 12.1 Å². The molecule has 0 fully saturated rings. The first-order valence-corrected chi connectivity index (χ1v) is 4.98. The normalized spacial score (nSPS) is 15.7. The summed E-state index contributed by atoms with van der Waals surface area (Å²) in [5.41, 5.74) is 0. The summed E-state index contributed by atoms with van der Waals surface area (Å²) in [6.07, 6.45) is 5.46. The molecule has 0 aliphatic carbocycles. The molecule has 2 heteroatoms. The van der Waals surface area contributed by atoms with E-state index in [1.807, 2.05) is 39.8 Å². The van der Waals surface area contributed by atoms with Crippen LogP contribution in [0.5, 0.6) is 0 Å². The largest absolute Gasteiger partial charge is 0.458 e. The summed E-state index contributed by atoms with van der Waals surface area (Å²) >= 11 is 0. The van der Waals surface area contributed by atoms with Crippen LogP contribution in [0.3, 0.4) is 0 Å². The van der Waals surface area contributed by atoms with Crippen molar-refractivity contribution in [1.82, 2.24) is 0 Å². The van der Waals surface area contributed by atoms with Gasteiger partial charge < -0.3 is 4.74 Å². The molecule has 0 N–H and O–H groups in total. The molecule has 2 nitrogen and oxygen atoms in total. The molecular formula is C11H20O2. The molecule has 0 bridgehead atoms. The molecular weight excluding hydrogens is 164 g/mol. The van der Waals surface area contributed by atoms with Crippen LogP contribution in [0, 0.1) is 5.92 Å². The highest BCUT2D eigenvalue weighted by atomic mass is 16.5. The quantitative estimate of drug-likeness (QED) is 0.485. The highest BCUT2D eigenvalue weighted by Crippen LogP contribution is 2.08. The van der Waals surface area contributed by atoms with Crippen LogP contribution in [0.25, 0.3) is 0 Å². The summed E-state index contributed by atoms with van der Waals surface area (Å²) < 4.78 is 5.27. The van der Waals surface area contributed by atoms with E-state index >= 15 is 0 Å². The summed E-state index contributed by atoms with van der Waals surface area (Å²) in [5.74, 6) is -0.0771. The Hall–Kier alpha value is -0.790. The zero-order valence-electron chi connectivity index (χ0n) is 9.04. The van der Waals surface area contributed by atoms with Gasteiger partial charge in [-0.05, 0) is 25.8 Å². The lowest BCUT2D eigenvalue weighted by Gasteiger charge is -2.14. The van der Waals surface area contributed by atoms with Gasteiger partial charge in [-0.15, -0.1) is 0 Å². The van der Waals surface area contributed by atoms with Crippen molar-refractivity contribution in [3.8, 4) is 0 Å². The van der Waals surface area contributed by atoms with Gasteiger partial charge in [0.2, 0.25) is 0 Å². The van der Waals surface area contributed by atoms with Crippen molar-refractivity contribution in [2.24, 2.45) is 5.92 Å². The van der Waals surface area contributed by atoms with E-state index < -0.39 is 0 Å². The fourth-order valence-electron chi connectivity index (χ4n) is 0.905. The molecule has 0 amide bonds. The minimum atomic E-state index is -0.0903. The highest BCUT2D eigenvalue weighted by Gasteiger charge is 2.15. The first kappa shape index (κ1) is 12.2. The topological polar surface area (TPSA) is 26.3 Å². The van der Waals surface area contributed by atoms with Crippen LogP contribution >= 0.6 is 0 Å². The molecule has 2 unspecified atom stereocenters. The molecule has 0 aromatic carbocycles. The van der Waals surface area contributed by atoms with Crippen LogP contribution in [0.4, 0.5) is 0 Å². The number of allylic oxidation sites excluding steroid dienone is 1. The van der Waals surface area contributed by atoms with E-state index in [0.29, 0.717) is 0 Å². The van der Waals surface area contributed by atoms with Crippen molar-refractivity contribution in [1.29, 1.82) is 0 Å². The van der Waals surface area contributed by atoms with Crippen molar-refractivity contribution in [3.05, 3.63) is 12.2 Å². The number of ether oxygens (including phenoxy) is 1. The molecule has 0 aromatic heterocycles. The van der Waals surface area contributed by atoms with Crippen molar-refractivity contribution in [3.63, 3.8) is 0 Å². The molecule has 76 valence electrons. The number of carbonyl (C=O) groups is 1. The fourth-order valence-corrected chi connectivity index (χ4v) is 0.905. The van der Waals surface area contributed by atoms with Crippen LogP contribution in [-0.2, 0) is 9.53 Å². The lowest BCUT2D eigenvalue weighted by Crippen LogP contribution is -2.20. The first-order valence-electron chi connectivity index (χ1n) is 4.98.